The second-order valence-corrected chi connectivity index (χ2v) is 8.62. The molecule has 31 heavy (non-hydrogen) atoms. The largest absolute Gasteiger partial charge is 0.497 e. The molecule has 1 spiro atoms. The van der Waals surface area contributed by atoms with Crippen molar-refractivity contribution in [3.05, 3.63) is 47.0 Å². The average Bonchev–Trinajstić information content (AvgIpc) is 3.43. The Bertz CT molecular complexity index is 1070. The molecule has 162 valence electrons. The minimum absolute atomic E-state index is 0.179. The molecule has 0 unspecified atom stereocenters. The zero-order valence-electron chi connectivity index (χ0n) is 17.4. The molecule has 0 aromatic heterocycles. The minimum Gasteiger partial charge on any atom is -0.497 e. The smallest absolute Gasteiger partial charge is 0.250 e. The molecule has 3 aliphatic heterocycles. The first-order chi connectivity index (χ1) is 15.0. The Balaban J connectivity index is 1.58. The first-order valence-corrected chi connectivity index (χ1v) is 10.8. The van der Waals surface area contributed by atoms with Crippen molar-refractivity contribution < 1.29 is 19.1 Å². The number of amides is 2. The maximum Gasteiger partial charge on any atom is 0.250 e. The number of carbonyl (C=O) groups excluding carboxylic acids is 2. The van der Waals surface area contributed by atoms with Gasteiger partial charge in [-0.15, -0.1) is 0 Å². The number of methoxy groups -OCH3 is 2. The van der Waals surface area contributed by atoms with Gasteiger partial charge < -0.3 is 20.1 Å². The Morgan fingerprint density at radius 1 is 1.26 bits per heavy atom. The van der Waals surface area contributed by atoms with E-state index in [1.807, 2.05) is 12.1 Å². The third kappa shape index (κ3) is 2.83. The molecular formula is C23H24ClN3O4. The molecular weight excluding hydrogens is 418 g/mol. The Morgan fingerprint density at radius 3 is 2.87 bits per heavy atom. The molecule has 5 rings (SSSR count). The molecule has 3 aliphatic rings. The quantitative estimate of drug-likeness (QED) is 0.757. The number of hydrogen-bond acceptors (Lipinski definition) is 5. The first kappa shape index (κ1) is 20.2. The lowest BCUT2D eigenvalue weighted by atomic mass is 9.78. The van der Waals surface area contributed by atoms with E-state index in [1.54, 1.807) is 38.5 Å². The highest BCUT2D eigenvalue weighted by Crippen LogP contribution is 2.56. The van der Waals surface area contributed by atoms with Gasteiger partial charge in [0.25, 0.3) is 0 Å². The Kier molecular flexibility index (Phi) is 4.83. The van der Waals surface area contributed by atoms with Gasteiger partial charge in [-0.25, -0.2) is 0 Å². The number of rotatable bonds is 4. The Hall–Kier alpha value is -2.77. The summed E-state index contributed by atoms with van der Waals surface area (Å²) in [6.07, 6.45) is 2.59. The van der Waals surface area contributed by atoms with E-state index < -0.39 is 11.5 Å². The lowest BCUT2D eigenvalue weighted by Crippen LogP contribution is -2.53. The van der Waals surface area contributed by atoms with Crippen molar-refractivity contribution in [1.82, 2.24) is 4.90 Å². The van der Waals surface area contributed by atoms with Crippen molar-refractivity contribution in [3.63, 3.8) is 0 Å². The standard InChI is InChI=1S/C23H24ClN3O4/c1-30-14-8-9-19(31-2)18(12-14)25-21(28)16-11-13-5-4-10-27(13)23(16)15-6-3-7-17(24)20(15)26-22(23)29/h3,6-9,12-13,16H,4-5,10-11H2,1-2H3,(H,25,28)(H,26,29)/t13-,16+,23+/m1/s1. The monoisotopic (exact) mass is 441 g/mol. The molecule has 2 N–H and O–H groups in total. The van der Waals surface area contributed by atoms with Crippen LogP contribution >= 0.6 is 11.6 Å². The number of hydrogen-bond donors (Lipinski definition) is 2. The first-order valence-electron chi connectivity index (χ1n) is 10.4. The SMILES string of the molecule is COc1ccc(OC)c(NC(=O)[C@@H]2C[C@H]3CCCN3[C@]23C(=O)Nc2c(Cl)cccc23)c1. The predicted octanol–water partition coefficient (Wildman–Crippen LogP) is 3.63. The van der Waals surface area contributed by atoms with Gasteiger partial charge >= 0.3 is 0 Å². The normalized spacial score (nSPS) is 26.5. The summed E-state index contributed by atoms with van der Waals surface area (Å²) < 4.78 is 10.7. The zero-order valence-corrected chi connectivity index (χ0v) is 18.2. The third-order valence-corrected chi connectivity index (χ3v) is 7.15. The second kappa shape index (κ2) is 7.43. The van der Waals surface area contributed by atoms with E-state index >= 15 is 0 Å². The van der Waals surface area contributed by atoms with Gasteiger partial charge in [0.15, 0.2) is 0 Å². The number of para-hydroxylation sites is 1. The van der Waals surface area contributed by atoms with Crippen LogP contribution in [-0.2, 0) is 15.1 Å². The molecule has 2 fully saturated rings. The van der Waals surface area contributed by atoms with Crippen LogP contribution in [0.1, 0.15) is 24.8 Å². The highest BCUT2D eigenvalue weighted by Gasteiger charge is 2.65. The van der Waals surface area contributed by atoms with E-state index in [0.29, 0.717) is 34.3 Å². The molecule has 0 radical (unpaired) electrons. The third-order valence-electron chi connectivity index (χ3n) is 6.83. The maximum atomic E-state index is 13.7. The van der Waals surface area contributed by atoms with Gasteiger partial charge in [0.2, 0.25) is 11.8 Å². The van der Waals surface area contributed by atoms with Crippen LogP contribution in [0.4, 0.5) is 11.4 Å². The molecule has 0 bridgehead atoms. The fraction of sp³-hybridized carbons (Fsp3) is 0.391. The molecule has 8 heteroatoms. The summed E-state index contributed by atoms with van der Waals surface area (Å²) in [4.78, 5) is 29.4. The average molecular weight is 442 g/mol. The summed E-state index contributed by atoms with van der Waals surface area (Å²) in [5.74, 6) is 0.171. The van der Waals surface area contributed by atoms with E-state index in [-0.39, 0.29) is 17.9 Å². The predicted molar refractivity (Wildman–Crippen MR) is 118 cm³/mol. The minimum atomic E-state index is -1.06. The van der Waals surface area contributed by atoms with Crippen molar-refractivity contribution in [2.75, 3.05) is 31.4 Å². The molecule has 0 saturated carbocycles. The molecule has 7 nitrogen and oxygen atoms in total. The lowest BCUT2D eigenvalue weighted by Gasteiger charge is -2.36. The van der Waals surface area contributed by atoms with Crippen LogP contribution in [0, 0.1) is 5.92 Å². The van der Waals surface area contributed by atoms with Crippen molar-refractivity contribution in [2.45, 2.75) is 30.8 Å². The Labute approximate surface area is 185 Å². The van der Waals surface area contributed by atoms with E-state index in [0.717, 1.165) is 24.9 Å². The highest BCUT2D eigenvalue weighted by molar-refractivity contribution is 6.35. The van der Waals surface area contributed by atoms with Crippen molar-refractivity contribution in [2.24, 2.45) is 5.92 Å². The van der Waals surface area contributed by atoms with E-state index in [9.17, 15) is 9.59 Å². The number of ether oxygens (including phenoxy) is 2. The van der Waals surface area contributed by atoms with Gasteiger partial charge in [-0.2, -0.15) is 0 Å². The van der Waals surface area contributed by atoms with Gasteiger partial charge in [0.1, 0.15) is 17.0 Å². The lowest BCUT2D eigenvalue weighted by molar-refractivity contribution is -0.135. The van der Waals surface area contributed by atoms with Crippen LogP contribution in [0.3, 0.4) is 0 Å². The molecule has 2 aromatic rings. The molecule has 2 saturated heterocycles. The van der Waals surface area contributed by atoms with Gasteiger partial charge in [-0.3, -0.25) is 14.5 Å². The Morgan fingerprint density at radius 2 is 2.10 bits per heavy atom. The van der Waals surface area contributed by atoms with Crippen LogP contribution < -0.4 is 20.1 Å². The fourth-order valence-electron chi connectivity index (χ4n) is 5.55. The second-order valence-electron chi connectivity index (χ2n) is 8.22. The van der Waals surface area contributed by atoms with Crippen molar-refractivity contribution in [3.8, 4) is 11.5 Å². The number of fused-ring (bicyclic) bond motifs is 4. The summed E-state index contributed by atoms with van der Waals surface area (Å²) in [6.45, 7) is 0.774. The number of halogens is 1. The van der Waals surface area contributed by atoms with Crippen LogP contribution in [0.15, 0.2) is 36.4 Å². The molecule has 0 aliphatic carbocycles. The van der Waals surface area contributed by atoms with Gasteiger partial charge in [-0.1, -0.05) is 23.7 Å². The summed E-state index contributed by atoms with van der Waals surface area (Å²) >= 11 is 6.41. The van der Waals surface area contributed by atoms with E-state index in [2.05, 4.69) is 15.5 Å². The van der Waals surface area contributed by atoms with Crippen LogP contribution in [0.2, 0.25) is 5.02 Å². The van der Waals surface area contributed by atoms with Crippen LogP contribution in [0.25, 0.3) is 0 Å². The van der Waals surface area contributed by atoms with E-state index in [1.165, 1.54) is 0 Å². The molecule has 2 amide bonds. The molecule has 2 aromatic carbocycles. The number of nitrogens with one attached hydrogen (secondary N) is 2. The summed E-state index contributed by atoms with van der Waals surface area (Å²) in [6, 6.07) is 10.9. The maximum absolute atomic E-state index is 13.7. The molecule has 3 atom stereocenters. The number of carbonyl (C=O) groups is 2. The zero-order chi connectivity index (χ0) is 21.8. The number of benzene rings is 2. The summed E-state index contributed by atoms with van der Waals surface area (Å²) in [5.41, 5.74) is 0.849. The van der Waals surface area contributed by atoms with Gasteiger partial charge in [0.05, 0.1) is 36.5 Å². The summed E-state index contributed by atoms with van der Waals surface area (Å²) in [7, 11) is 3.12. The van der Waals surface area contributed by atoms with Crippen molar-refractivity contribution >= 4 is 34.8 Å². The topological polar surface area (TPSA) is 79.9 Å². The van der Waals surface area contributed by atoms with Gasteiger partial charge in [0, 0.05) is 17.7 Å². The van der Waals surface area contributed by atoms with Gasteiger partial charge in [-0.05, 0) is 44.0 Å². The molecule has 3 heterocycles. The summed E-state index contributed by atoms with van der Waals surface area (Å²) in [5, 5.41) is 6.45. The van der Waals surface area contributed by atoms with Crippen LogP contribution in [-0.4, -0.2) is 43.5 Å². The van der Waals surface area contributed by atoms with E-state index in [4.69, 9.17) is 21.1 Å². The van der Waals surface area contributed by atoms with Crippen molar-refractivity contribution in [1.29, 1.82) is 0 Å². The number of nitrogens with zero attached hydrogens (tertiary/aromatic N) is 1. The van der Waals surface area contributed by atoms with Crippen LogP contribution in [0.5, 0.6) is 11.5 Å². The fourth-order valence-corrected chi connectivity index (χ4v) is 5.77. The number of anilines is 2. The highest BCUT2D eigenvalue weighted by atomic mass is 35.5.